The number of unbranched alkanes of at least 4 members (excludes halogenated alkanes) is 1. The van der Waals surface area contributed by atoms with Gasteiger partial charge in [-0.3, -0.25) is 9.59 Å². The number of carbonyl (C=O) groups excluding carboxylic acids is 2. The third-order valence-electron chi connectivity index (χ3n) is 3.34. The molecule has 2 amide bonds. The number of hydrogen-bond acceptors (Lipinski definition) is 2. The Balaban J connectivity index is 1.99. The maximum atomic E-state index is 12.2. The zero-order chi connectivity index (χ0) is 16.7. The molecular weight excluding hydrogens is 356 g/mol. The van der Waals surface area contributed by atoms with Gasteiger partial charge in [0.15, 0.2) is 0 Å². The SMILES string of the molecule is CCCCNC(=O)c1ccc(NC(=O)c2ccccc2Br)cc1. The number of carbonyl (C=O) groups is 2. The van der Waals surface area contributed by atoms with Gasteiger partial charge in [0, 0.05) is 22.3 Å². The summed E-state index contributed by atoms with van der Waals surface area (Å²) in [7, 11) is 0. The Labute approximate surface area is 144 Å². The molecule has 0 heterocycles. The van der Waals surface area contributed by atoms with Gasteiger partial charge in [-0.05, 0) is 58.7 Å². The summed E-state index contributed by atoms with van der Waals surface area (Å²) < 4.78 is 0.740. The summed E-state index contributed by atoms with van der Waals surface area (Å²) in [4.78, 5) is 24.1. The van der Waals surface area contributed by atoms with E-state index in [2.05, 4.69) is 33.5 Å². The van der Waals surface area contributed by atoms with Gasteiger partial charge in [-0.25, -0.2) is 0 Å². The molecule has 2 aromatic rings. The Hall–Kier alpha value is -2.14. The van der Waals surface area contributed by atoms with E-state index < -0.39 is 0 Å². The van der Waals surface area contributed by atoms with Gasteiger partial charge in [-0.15, -0.1) is 0 Å². The Kier molecular flexibility index (Phi) is 6.35. The van der Waals surface area contributed by atoms with Crippen LogP contribution in [0.1, 0.15) is 40.5 Å². The van der Waals surface area contributed by atoms with E-state index in [1.54, 1.807) is 30.3 Å². The first-order valence-electron chi connectivity index (χ1n) is 7.56. The molecule has 0 fully saturated rings. The van der Waals surface area contributed by atoms with Gasteiger partial charge in [-0.1, -0.05) is 25.5 Å². The molecule has 2 N–H and O–H groups in total. The van der Waals surface area contributed by atoms with Crippen LogP contribution in [0.4, 0.5) is 5.69 Å². The first kappa shape index (κ1) is 17.2. The molecule has 0 saturated carbocycles. The van der Waals surface area contributed by atoms with Crippen molar-refractivity contribution < 1.29 is 9.59 Å². The van der Waals surface area contributed by atoms with E-state index in [4.69, 9.17) is 0 Å². The molecule has 0 aliphatic heterocycles. The minimum atomic E-state index is -0.197. The third kappa shape index (κ3) is 4.93. The maximum absolute atomic E-state index is 12.2. The van der Waals surface area contributed by atoms with Crippen molar-refractivity contribution >= 4 is 33.4 Å². The van der Waals surface area contributed by atoms with Crippen molar-refractivity contribution in [1.29, 1.82) is 0 Å². The van der Waals surface area contributed by atoms with Gasteiger partial charge in [0.25, 0.3) is 11.8 Å². The van der Waals surface area contributed by atoms with Crippen LogP contribution in [-0.2, 0) is 0 Å². The molecule has 0 atom stereocenters. The highest BCUT2D eigenvalue weighted by Gasteiger charge is 2.10. The molecule has 0 bridgehead atoms. The number of amides is 2. The van der Waals surface area contributed by atoms with Crippen molar-refractivity contribution in [2.75, 3.05) is 11.9 Å². The minimum absolute atomic E-state index is 0.0952. The van der Waals surface area contributed by atoms with Crippen LogP contribution in [0, 0.1) is 0 Å². The number of hydrogen-bond donors (Lipinski definition) is 2. The van der Waals surface area contributed by atoms with Gasteiger partial charge >= 0.3 is 0 Å². The van der Waals surface area contributed by atoms with Crippen molar-refractivity contribution in [3.63, 3.8) is 0 Å². The predicted molar refractivity (Wildman–Crippen MR) is 95.8 cm³/mol. The van der Waals surface area contributed by atoms with Gasteiger partial charge in [0.2, 0.25) is 0 Å². The second kappa shape index (κ2) is 8.48. The number of nitrogens with one attached hydrogen (secondary N) is 2. The maximum Gasteiger partial charge on any atom is 0.256 e. The van der Waals surface area contributed by atoms with Crippen molar-refractivity contribution in [3.05, 3.63) is 64.1 Å². The molecule has 0 saturated heterocycles. The van der Waals surface area contributed by atoms with E-state index >= 15 is 0 Å². The highest BCUT2D eigenvalue weighted by Crippen LogP contribution is 2.18. The number of benzene rings is 2. The molecule has 0 aliphatic carbocycles. The summed E-state index contributed by atoms with van der Waals surface area (Å²) in [5.41, 5.74) is 1.80. The van der Waals surface area contributed by atoms with Gasteiger partial charge in [0.05, 0.1) is 5.56 Å². The molecule has 0 unspecified atom stereocenters. The summed E-state index contributed by atoms with van der Waals surface area (Å²) in [6.45, 7) is 2.75. The fraction of sp³-hybridized carbons (Fsp3) is 0.222. The summed E-state index contributed by atoms with van der Waals surface area (Å²) >= 11 is 3.36. The minimum Gasteiger partial charge on any atom is -0.352 e. The average molecular weight is 375 g/mol. The topological polar surface area (TPSA) is 58.2 Å². The molecule has 0 aromatic heterocycles. The Morgan fingerprint density at radius 1 is 1.00 bits per heavy atom. The van der Waals surface area contributed by atoms with Crippen molar-refractivity contribution in [2.45, 2.75) is 19.8 Å². The Morgan fingerprint density at radius 3 is 2.35 bits per heavy atom. The lowest BCUT2D eigenvalue weighted by Crippen LogP contribution is -2.24. The molecular formula is C18H19BrN2O2. The second-order valence-corrected chi connectivity index (χ2v) is 5.98. The number of halogens is 1. The van der Waals surface area contributed by atoms with Crippen LogP contribution < -0.4 is 10.6 Å². The largest absolute Gasteiger partial charge is 0.352 e. The lowest BCUT2D eigenvalue weighted by atomic mass is 10.1. The lowest BCUT2D eigenvalue weighted by Gasteiger charge is -2.08. The van der Waals surface area contributed by atoms with Crippen LogP contribution >= 0.6 is 15.9 Å². The van der Waals surface area contributed by atoms with E-state index in [-0.39, 0.29) is 11.8 Å². The van der Waals surface area contributed by atoms with E-state index in [1.165, 1.54) is 0 Å². The molecule has 2 rings (SSSR count). The quantitative estimate of drug-likeness (QED) is 0.743. The number of anilines is 1. The highest BCUT2D eigenvalue weighted by molar-refractivity contribution is 9.10. The highest BCUT2D eigenvalue weighted by atomic mass is 79.9. The van der Waals surface area contributed by atoms with Crippen LogP contribution in [0.5, 0.6) is 0 Å². The van der Waals surface area contributed by atoms with Gasteiger partial charge < -0.3 is 10.6 Å². The molecule has 0 spiro atoms. The van der Waals surface area contributed by atoms with Crippen molar-refractivity contribution in [2.24, 2.45) is 0 Å². The van der Waals surface area contributed by atoms with E-state index in [1.807, 2.05) is 18.2 Å². The lowest BCUT2D eigenvalue weighted by molar-refractivity contribution is 0.0952. The van der Waals surface area contributed by atoms with Crippen LogP contribution in [0.3, 0.4) is 0 Å². The van der Waals surface area contributed by atoms with Crippen LogP contribution in [0.2, 0.25) is 0 Å². The van der Waals surface area contributed by atoms with Crippen LogP contribution in [-0.4, -0.2) is 18.4 Å². The third-order valence-corrected chi connectivity index (χ3v) is 4.03. The standard InChI is InChI=1S/C18H19BrN2O2/c1-2-3-12-20-17(22)13-8-10-14(11-9-13)21-18(23)15-6-4-5-7-16(15)19/h4-11H,2-3,12H2,1H3,(H,20,22)(H,21,23). The smallest absolute Gasteiger partial charge is 0.256 e. The van der Waals surface area contributed by atoms with Crippen molar-refractivity contribution in [1.82, 2.24) is 5.32 Å². The summed E-state index contributed by atoms with van der Waals surface area (Å²) in [6, 6.07) is 14.1. The summed E-state index contributed by atoms with van der Waals surface area (Å²) in [5, 5.41) is 5.68. The normalized spacial score (nSPS) is 10.2. The predicted octanol–water partition coefficient (Wildman–Crippen LogP) is 4.23. The molecule has 0 aliphatic rings. The fourth-order valence-corrected chi connectivity index (χ4v) is 2.49. The van der Waals surface area contributed by atoms with E-state index in [0.29, 0.717) is 23.4 Å². The molecule has 5 heteroatoms. The second-order valence-electron chi connectivity index (χ2n) is 5.12. The van der Waals surface area contributed by atoms with Crippen LogP contribution in [0.25, 0.3) is 0 Å². The first-order chi connectivity index (χ1) is 11.1. The van der Waals surface area contributed by atoms with Gasteiger partial charge in [0.1, 0.15) is 0 Å². The number of rotatable bonds is 6. The first-order valence-corrected chi connectivity index (χ1v) is 8.35. The zero-order valence-corrected chi connectivity index (χ0v) is 14.5. The average Bonchev–Trinajstić information content (AvgIpc) is 2.56. The molecule has 2 aromatic carbocycles. The van der Waals surface area contributed by atoms with E-state index in [0.717, 1.165) is 17.3 Å². The monoisotopic (exact) mass is 374 g/mol. The molecule has 0 radical (unpaired) electrons. The molecule has 120 valence electrons. The molecule has 4 nitrogen and oxygen atoms in total. The zero-order valence-electron chi connectivity index (χ0n) is 12.9. The summed E-state index contributed by atoms with van der Waals surface area (Å²) in [6.07, 6.45) is 2.01. The van der Waals surface area contributed by atoms with Crippen LogP contribution in [0.15, 0.2) is 53.0 Å². The van der Waals surface area contributed by atoms with Crippen molar-refractivity contribution in [3.8, 4) is 0 Å². The Bertz CT molecular complexity index is 684. The van der Waals surface area contributed by atoms with E-state index in [9.17, 15) is 9.59 Å². The van der Waals surface area contributed by atoms with Gasteiger partial charge in [-0.2, -0.15) is 0 Å². The molecule has 23 heavy (non-hydrogen) atoms. The summed E-state index contributed by atoms with van der Waals surface area (Å²) in [5.74, 6) is -0.292. The fourth-order valence-electron chi connectivity index (χ4n) is 2.03. The Morgan fingerprint density at radius 2 is 1.70 bits per heavy atom.